The average Bonchev–Trinajstić information content (AvgIpc) is 3.26. The van der Waals surface area contributed by atoms with E-state index in [1.165, 1.54) is 0 Å². The number of allylic oxidation sites excluding steroid dienone is 2. The molecule has 0 N–H and O–H groups in total. The highest BCUT2D eigenvalue weighted by Gasteiger charge is 2.62. The molecule has 2 aromatic rings. The highest BCUT2D eigenvalue weighted by molar-refractivity contribution is 6.30. The molecule has 0 heterocycles. The Morgan fingerprint density at radius 1 is 1.16 bits per heavy atom. The van der Waals surface area contributed by atoms with E-state index in [4.69, 9.17) is 21.1 Å². The topological polar surface area (TPSA) is 59.3 Å². The second-order valence-electron chi connectivity index (χ2n) is 7.77. The minimum atomic E-state index is -4.68. The molecule has 0 amide bonds. The van der Waals surface area contributed by atoms with Crippen molar-refractivity contribution in [2.45, 2.75) is 26.1 Å². The summed E-state index contributed by atoms with van der Waals surface area (Å²) < 4.78 is 49.2. The normalized spacial score (nSPS) is 21.0. The molecule has 0 bridgehead atoms. The van der Waals surface area contributed by atoms with Crippen LogP contribution in [0.1, 0.15) is 25.5 Å². The molecule has 3 atom stereocenters. The summed E-state index contributed by atoms with van der Waals surface area (Å²) in [6.07, 6.45) is -5.07. The zero-order valence-corrected chi connectivity index (χ0v) is 17.4. The van der Waals surface area contributed by atoms with Crippen molar-refractivity contribution >= 4 is 17.6 Å². The van der Waals surface area contributed by atoms with E-state index in [2.05, 4.69) is 0 Å². The van der Waals surface area contributed by atoms with Crippen molar-refractivity contribution in [3.8, 4) is 17.6 Å². The number of halogens is 4. The van der Waals surface area contributed by atoms with Crippen LogP contribution in [0.4, 0.5) is 13.2 Å². The summed E-state index contributed by atoms with van der Waals surface area (Å²) in [5.41, 5.74) is -0.371. The van der Waals surface area contributed by atoms with Crippen molar-refractivity contribution in [3.05, 3.63) is 71.3 Å². The van der Waals surface area contributed by atoms with Gasteiger partial charge in [0, 0.05) is 5.56 Å². The largest absolute Gasteiger partial charge is 0.457 e. The summed E-state index contributed by atoms with van der Waals surface area (Å²) in [5.74, 6) is -1.27. The molecule has 2 aromatic carbocycles. The van der Waals surface area contributed by atoms with E-state index in [-0.39, 0.29) is 0 Å². The molecule has 1 aliphatic carbocycles. The van der Waals surface area contributed by atoms with Crippen molar-refractivity contribution in [1.29, 1.82) is 5.26 Å². The molecule has 162 valence electrons. The van der Waals surface area contributed by atoms with Gasteiger partial charge in [-0.2, -0.15) is 18.4 Å². The number of ether oxygens (including phenoxy) is 2. The number of hydrogen-bond acceptors (Lipinski definition) is 4. The van der Waals surface area contributed by atoms with E-state index >= 15 is 0 Å². The molecule has 1 fully saturated rings. The molecule has 0 aliphatic heterocycles. The summed E-state index contributed by atoms with van der Waals surface area (Å²) >= 11 is 5.32. The van der Waals surface area contributed by atoms with Crippen molar-refractivity contribution in [2.75, 3.05) is 0 Å². The van der Waals surface area contributed by atoms with E-state index < -0.39 is 40.5 Å². The Balaban J connectivity index is 1.72. The first-order valence-corrected chi connectivity index (χ1v) is 9.79. The Bertz CT molecular complexity index is 1030. The third kappa shape index (κ3) is 5.20. The minimum Gasteiger partial charge on any atom is -0.457 e. The smallest absolute Gasteiger partial charge is 0.426 e. The molecule has 3 rings (SSSR count). The lowest BCUT2D eigenvalue weighted by Crippen LogP contribution is -2.14. The van der Waals surface area contributed by atoms with Gasteiger partial charge in [-0.05, 0) is 35.6 Å². The van der Waals surface area contributed by atoms with Crippen LogP contribution in [0.2, 0.25) is 0 Å². The van der Waals surface area contributed by atoms with Crippen molar-refractivity contribution in [3.63, 3.8) is 0 Å². The summed E-state index contributed by atoms with van der Waals surface area (Å²) in [7, 11) is 0. The quantitative estimate of drug-likeness (QED) is 0.469. The Labute approximate surface area is 182 Å². The predicted molar refractivity (Wildman–Crippen MR) is 108 cm³/mol. The number of hydrogen-bond donors (Lipinski definition) is 0. The molecule has 1 aliphatic rings. The summed E-state index contributed by atoms with van der Waals surface area (Å²) in [5, 5.41) is 8.23. The van der Waals surface area contributed by atoms with Gasteiger partial charge in [-0.25, -0.2) is 0 Å². The van der Waals surface area contributed by atoms with E-state index in [1.807, 2.05) is 24.3 Å². The standard InChI is InChI=1S/C23H19ClF3NO3/c1-22(2)17(12-19(24)23(25,26)27)20(22)21(29)31-18(13-28)14-7-6-10-16(11-14)30-15-8-4-3-5-9-15/h3-12,17-18,20H,1-2H3/b19-12-/t17-,18-,20-/m0/s1. The number of rotatable bonds is 6. The van der Waals surface area contributed by atoms with Gasteiger partial charge in [0.1, 0.15) is 22.6 Å². The molecule has 0 unspecified atom stereocenters. The zero-order valence-electron chi connectivity index (χ0n) is 16.7. The van der Waals surface area contributed by atoms with Gasteiger partial charge >= 0.3 is 12.1 Å². The van der Waals surface area contributed by atoms with Crippen molar-refractivity contribution < 1.29 is 27.4 Å². The highest BCUT2D eigenvalue weighted by atomic mass is 35.5. The predicted octanol–water partition coefficient (Wildman–Crippen LogP) is 6.54. The highest BCUT2D eigenvalue weighted by Crippen LogP contribution is 2.60. The Morgan fingerprint density at radius 2 is 1.81 bits per heavy atom. The number of nitrogens with zero attached hydrogens (tertiary/aromatic N) is 1. The van der Waals surface area contributed by atoms with E-state index in [0.29, 0.717) is 17.1 Å². The van der Waals surface area contributed by atoms with Gasteiger partial charge in [0.05, 0.1) is 5.92 Å². The molecule has 31 heavy (non-hydrogen) atoms. The maximum atomic E-state index is 12.7. The zero-order chi connectivity index (χ0) is 22.8. The van der Waals surface area contributed by atoms with Crippen LogP contribution in [-0.4, -0.2) is 12.1 Å². The number of para-hydroxylation sites is 1. The maximum Gasteiger partial charge on any atom is 0.426 e. The van der Waals surface area contributed by atoms with Crippen LogP contribution in [0, 0.1) is 28.6 Å². The van der Waals surface area contributed by atoms with Gasteiger partial charge in [-0.1, -0.05) is 61.9 Å². The lowest BCUT2D eigenvalue weighted by molar-refractivity contribution is -0.149. The first-order chi connectivity index (χ1) is 14.5. The van der Waals surface area contributed by atoms with Gasteiger partial charge < -0.3 is 9.47 Å². The Hall–Kier alpha value is -2.98. The number of carbonyl (C=O) groups excluding carboxylic acids is 1. The fourth-order valence-electron chi connectivity index (χ4n) is 3.42. The monoisotopic (exact) mass is 449 g/mol. The fraction of sp³-hybridized carbons (Fsp3) is 0.304. The van der Waals surface area contributed by atoms with Crippen LogP contribution in [-0.2, 0) is 9.53 Å². The van der Waals surface area contributed by atoms with Gasteiger partial charge in [0.2, 0.25) is 6.10 Å². The van der Waals surface area contributed by atoms with Crippen LogP contribution in [0.3, 0.4) is 0 Å². The molecular weight excluding hydrogens is 431 g/mol. The SMILES string of the molecule is CC1(C)[C@H](C(=O)O[C@@H](C#N)c2cccc(Oc3ccccc3)c2)[C@@H]1/C=C(\Cl)C(F)(F)F. The number of benzene rings is 2. The first kappa shape index (κ1) is 22.7. The van der Waals surface area contributed by atoms with Crippen LogP contribution in [0.25, 0.3) is 0 Å². The van der Waals surface area contributed by atoms with Crippen LogP contribution < -0.4 is 4.74 Å². The van der Waals surface area contributed by atoms with Crippen molar-refractivity contribution in [1.82, 2.24) is 0 Å². The second kappa shape index (κ2) is 8.64. The molecule has 0 saturated heterocycles. The van der Waals surface area contributed by atoms with Gasteiger partial charge in [0.15, 0.2) is 0 Å². The fourth-order valence-corrected chi connectivity index (χ4v) is 3.55. The number of carbonyl (C=O) groups is 1. The molecule has 0 aromatic heterocycles. The Morgan fingerprint density at radius 3 is 2.42 bits per heavy atom. The Kier molecular flexibility index (Phi) is 6.33. The third-order valence-electron chi connectivity index (χ3n) is 5.25. The lowest BCUT2D eigenvalue weighted by Gasteiger charge is -2.13. The van der Waals surface area contributed by atoms with Gasteiger partial charge in [-0.15, -0.1) is 0 Å². The summed E-state index contributed by atoms with van der Waals surface area (Å²) in [6.45, 7) is 3.30. The molecule has 4 nitrogen and oxygen atoms in total. The van der Waals surface area contributed by atoms with Crippen LogP contribution in [0.15, 0.2) is 65.7 Å². The summed E-state index contributed by atoms with van der Waals surface area (Å²) in [4.78, 5) is 12.6. The van der Waals surface area contributed by atoms with Crippen LogP contribution >= 0.6 is 11.6 Å². The maximum absolute atomic E-state index is 12.7. The van der Waals surface area contributed by atoms with Gasteiger partial charge in [-0.3, -0.25) is 4.79 Å². The van der Waals surface area contributed by atoms with E-state index in [0.717, 1.165) is 6.08 Å². The third-order valence-corrected chi connectivity index (χ3v) is 5.59. The molecule has 8 heteroatoms. The van der Waals surface area contributed by atoms with E-state index in [9.17, 15) is 23.2 Å². The number of esters is 1. The molecular formula is C23H19ClF3NO3. The van der Waals surface area contributed by atoms with Crippen molar-refractivity contribution in [2.24, 2.45) is 17.3 Å². The minimum absolute atomic E-state index is 0.392. The van der Waals surface area contributed by atoms with Crippen LogP contribution in [0.5, 0.6) is 11.5 Å². The second-order valence-corrected chi connectivity index (χ2v) is 8.18. The number of alkyl halides is 3. The number of nitriles is 1. The lowest BCUT2D eigenvalue weighted by atomic mass is 10.1. The first-order valence-electron chi connectivity index (χ1n) is 9.41. The molecule has 1 saturated carbocycles. The summed E-state index contributed by atoms with van der Waals surface area (Å²) in [6, 6.07) is 17.4. The molecule has 0 radical (unpaired) electrons. The van der Waals surface area contributed by atoms with E-state index in [1.54, 1.807) is 50.2 Å². The average molecular weight is 450 g/mol. The van der Waals surface area contributed by atoms with Gasteiger partial charge in [0.25, 0.3) is 0 Å². The molecule has 0 spiro atoms.